The fourth-order valence-corrected chi connectivity index (χ4v) is 4.85. The normalized spacial score (nSPS) is 16.3. The lowest BCUT2D eigenvalue weighted by atomic mass is 10.1. The van der Waals surface area contributed by atoms with Crippen LogP contribution in [0.5, 0.6) is 0 Å². The topological polar surface area (TPSA) is 99.7 Å². The van der Waals surface area contributed by atoms with Gasteiger partial charge in [-0.1, -0.05) is 47.6 Å². The molecule has 33 heavy (non-hydrogen) atoms. The van der Waals surface area contributed by atoms with Crippen molar-refractivity contribution in [1.29, 1.82) is 5.26 Å². The van der Waals surface area contributed by atoms with Crippen LogP contribution in [0.1, 0.15) is 6.42 Å². The zero-order chi connectivity index (χ0) is 22.9. The second kappa shape index (κ2) is 8.98. The summed E-state index contributed by atoms with van der Waals surface area (Å²) >= 11 is 7.87. The monoisotopic (exact) mass is 477 g/mol. The number of hydrogen-bond donors (Lipinski definition) is 1. The van der Waals surface area contributed by atoms with Crippen molar-refractivity contribution in [1.82, 2.24) is 25.1 Å². The molecule has 0 radical (unpaired) electrons. The standard InChI is InChI=1S/C23H20ClN7OS/c1-33-23-28-20-16(21(29-23)30-11-10-26-15(13-30)8-9-25)12-27-31(22(20)32)18-7-3-5-14-4-2-6-17(24)19(14)18/h2-7,12,15,26H,8,10-11,13H2,1H3. The SMILES string of the molecule is CSc1nc(N2CCNC(CC#N)C2)c2cnn(-c3cccc4cccc(Cl)c34)c(=O)c2n1. The van der Waals surface area contributed by atoms with Crippen LogP contribution in [-0.2, 0) is 0 Å². The number of nitrogens with one attached hydrogen (secondary N) is 1. The Hall–Kier alpha value is -3.19. The fraction of sp³-hybridized carbons (Fsp3) is 0.261. The minimum atomic E-state index is -0.331. The maximum absolute atomic E-state index is 13.6. The first-order valence-electron chi connectivity index (χ1n) is 10.5. The molecule has 2 aromatic carbocycles. The highest BCUT2D eigenvalue weighted by Crippen LogP contribution is 2.30. The van der Waals surface area contributed by atoms with Crippen molar-refractivity contribution in [3.8, 4) is 11.8 Å². The van der Waals surface area contributed by atoms with E-state index in [-0.39, 0.29) is 11.6 Å². The summed E-state index contributed by atoms with van der Waals surface area (Å²) in [6, 6.07) is 13.5. The highest BCUT2D eigenvalue weighted by atomic mass is 35.5. The third-order valence-corrected chi connectivity index (χ3v) is 6.60. The molecular weight excluding hydrogens is 458 g/mol. The van der Waals surface area contributed by atoms with Gasteiger partial charge in [-0.2, -0.15) is 15.0 Å². The first kappa shape index (κ1) is 21.6. The molecule has 1 atom stereocenters. The van der Waals surface area contributed by atoms with Crippen LogP contribution in [0, 0.1) is 11.3 Å². The van der Waals surface area contributed by atoms with E-state index >= 15 is 0 Å². The molecule has 4 aromatic rings. The second-order valence-corrected chi connectivity index (χ2v) is 8.91. The Labute approximate surface area is 199 Å². The summed E-state index contributed by atoms with van der Waals surface area (Å²) in [6.07, 6.45) is 3.93. The Bertz CT molecular complexity index is 1460. The first-order chi connectivity index (χ1) is 16.1. The van der Waals surface area contributed by atoms with Crippen LogP contribution < -0.4 is 15.8 Å². The van der Waals surface area contributed by atoms with Crippen LogP contribution in [0.15, 0.2) is 52.5 Å². The van der Waals surface area contributed by atoms with E-state index in [0.717, 1.165) is 17.3 Å². The molecule has 0 aliphatic carbocycles. The third-order valence-electron chi connectivity index (χ3n) is 5.74. The summed E-state index contributed by atoms with van der Waals surface area (Å²) in [6.45, 7) is 2.06. The van der Waals surface area contributed by atoms with Crippen LogP contribution in [-0.4, -0.2) is 51.7 Å². The lowest BCUT2D eigenvalue weighted by molar-refractivity contribution is 0.460. The molecule has 1 aliphatic rings. The van der Waals surface area contributed by atoms with Crippen LogP contribution in [0.4, 0.5) is 5.82 Å². The zero-order valence-electron chi connectivity index (χ0n) is 17.8. The van der Waals surface area contributed by atoms with E-state index in [1.807, 2.05) is 36.6 Å². The molecule has 10 heteroatoms. The van der Waals surface area contributed by atoms with E-state index in [0.29, 0.717) is 52.1 Å². The summed E-state index contributed by atoms with van der Waals surface area (Å²) in [5.74, 6) is 0.668. The quantitative estimate of drug-likeness (QED) is 0.352. The van der Waals surface area contributed by atoms with Crippen molar-refractivity contribution < 1.29 is 0 Å². The lowest BCUT2D eigenvalue weighted by Crippen LogP contribution is -2.51. The first-order valence-corrected chi connectivity index (χ1v) is 12.1. The highest BCUT2D eigenvalue weighted by molar-refractivity contribution is 7.98. The molecule has 0 bridgehead atoms. The molecule has 1 unspecified atom stereocenters. The van der Waals surface area contributed by atoms with Crippen molar-refractivity contribution in [2.45, 2.75) is 17.6 Å². The Morgan fingerprint density at radius 3 is 2.88 bits per heavy atom. The van der Waals surface area contributed by atoms with Gasteiger partial charge < -0.3 is 10.2 Å². The number of aromatic nitrogens is 4. The number of hydrogen-bond acceptors (Lipinski definition) is 8. The van der Waals surface area contributed by atoms with Gasteiger partial charge in [0.05, 0.1) is 34.8 Å². The number of halogens is 1. The van der Waals surface area contributed by atoms with Gasteiger partial charge in [-0.25, -0.2) is 9.97 Å². The van der Waals surface area contributed by atoms with Gasteiger partial charge >= 0.3 is 0 Å². The smallest absolute Gasteiger partial charge is 0.298 e. The summed E-state index contributed by atoms with van der Waals surface area (Å²) in [7, 11) is 0. The van der Waals surface area contributed by atoms with Gasteiger partial charge in [-0.15, -0.1) is 0 Å². The van der Waals surface area contributed by atoms with E-state index in [9.17, 15) is 4.79 Å². The molecule has 3 heterocycles. The van der Waals surface area contributed by atoms with Gasteiger partial charge in [0.1, 0.15) is 11.3 Å². The highest BCUT2D eigenvalue weighted by Gasteiger charge is 2.24. The summed E-state index contributed by atoms with van der Waals surface area (Å²) < 4.78 is 1.35. The van der Waals surface area contributed by atoms with Crippen LogP contribution in [0.25, 0.3) is 27.4 Å². The predicted molar refractivity (Wildman–Crippen MR) is 131 cm³/mol. The van der Waals surface area contributed by atoms with Gasteiger partial charge in [0.25, 0.3) is 5.56 Å². The van der Waals surface area contributed by atoms with Crippen molar-refractivity contribution in [3.63, 3.8) is 0 Å². The molecule has 0 saturated carbocycles. The van der Waals surface area contributed by atoms with Gasteiger partial charge in [-0.3, -0.25) is 4.79 Å². The molecule has 0 spiro atoms. The number of benzene rings is 2. The van der Waals surface area contributed by atoms with Crippen molar-refractivity contribution in [2.75, 3.05) is 30.8 Å². The molecule has 1 saturated heterocycles. The number of thioether (sulfide) groups is 1. The van der Waals surface area contributed by atoms with Crippen molar-refractivity contribution >= 4 is 50.9 Å². The van der Waals surface area contributed by atoms with Gasteiger partial charge in [0, 0.05) is 31.1 Å². The van der Waals surface area contributed by atoms with Crippen molar-refractivity contribution in [2.24, 2.45) is 0 Å². The van der Waals surface area contributed by atoms with E-state index < -0.39 is 0 Å². The molecule has 166 valence electrons. The maximum Gasteiger partial charge on any atom is 0.298 e. The Morgan fingerprint density at radius 2 is 2.09 bits per heavy atom. The molecule has 1 aliphatic heterocycles. The summed E-state index contributed by atoms with van der Waals surface area (Å²) in [4.78, 5) is 25.0. The van der Waals surface area contributed by atoms with Gasteiger partial charge in [-0.05, 0) is 23.8 Å². The van der Waals surface area contributed by atoms with E-state index in [2.05, 4.69) is 26.4 Å². The average molecular weight is 478 g/mol. The Morgan fingerprint density at radius 1 is 1.27 bits per heavy atom. The lowest BCUT2D eigenvalue weighted by Gasteiger charge is -2.34. The number of anilines is 1. The summed E-state index contributed by atoms with van der Waals surface area (Å²) in [5.41, 5.74) is 0.577. The number of rotatable bonds is 4. The molecule has 5 rings (SSSR count). The number of fused-ring (bicyclic) bond motifs is 2. The predicted octanol–water partition coefficient (Wildman–Crippen LogP) is 3.40. The van der Waals surface area contributed by atoms with E-state index in [1.54, 1.807) is 12.3 Å². The van der Waals surface area contributed by atoms with Crippen LogP contribution in [0.2, 0.25) is 5.02 Å². The van der Waals surface area contributed by atoms with Crippen LogP contribution in [0.3, 0.4) is 0 Å². The molecule has 1 N–H and O–H groups in total. The maximum atomic E-state index is 13.6. The molecule has 8 nitrogen and oxygen atoms in total. The summed E-state index contributed by atoms with van der Waals surface area (Å²) in [5, 5.41) is 20.3. The van der Waals surface area contributed by atoms with Crippen molar-refractivity contribution in [3.05, 3.63) is 58.0 Å². The minimum Gasteiger partial charge on any atom is -0.353 e. The molecule has 1 fully saturated rings. The molecule has 2 aromatic heterocycles. The molecule has 0 amide bonds. The van der Waals surface area contributed by atoms with E-state index in [1.165, 1.54) is 16.4 Å². The largest absolute Gasteiger partial charge is 0.353 e. The van der Waals surface area contributed by atoms with Crippen LogP contribution >= 0.6 is 23.4 Å². The minimum absolute atomic E-state index is 0.0395. The number of nitriles is 1. The number of piperazine rings is 1. The van der Waals surface area contributed by atoms with E-state index in [4.69, 9.17) is 21.8 Å². The Balaban J connectivity index is 1.70. The fourth-order valence-electron chi connectivity index (χ4n) is 4.21. The van der Waals surface area contributed by atoms with Gasteiger partial charge in [0.2, 0.25) is 0 Å². The zero-order valence-corrected chi connectivity index (χ0v) is 19.4. The third kappa shape index (κ3) is 3.91. The number of nitrogens with zero attached hydrogens (tertiary/aromatic N) is 6. The molecular formula is C23H20ClN7OS. The average Bonchev–Trinajstić information content (AvgIpc) is 2.84. The Kier molecular flexibility index (Phi) is 5.89. The van der Waals surface area contributed by atoms with Gasteiger partial charge in [0.15, 0.2) is 5.16 Å². The second-order valence-electron chi connectivity index (χ2n) is 7.73.